The molecule has 1 aromatic heterocycles. The van der Waals surface area contributed by atoms with Crippen molar-refractivity contribution in [3.05, 3.63) is 54.9 Å². The summed E-state index contributed by atoms with van der Waals surface area (Å²) >= 11 is 1.13. The van der Waals surface area contributed by atoms with Gasteiger partial charge in [-0.25, -0.2) is 18.5 Å². The van der Waals surface area contributed by atoms with Crippen molar-refractivity contribution in [3.8, 4) is 22.1 Å². The van der Waals surface area contributed by atoms with Gasteiger partial charge in [0.05, 0.1) is 12.0 Å². The lowest BCUT2D eigenvalue weighted by Gasteiger charge is -2.03. The van der Waals surface area contributed by atoms with Crippen LogP contribution in [-0.2, 0) is 10.0 Å². The Morgan fingerprint density at radius 2 is 1.79 bits per heavy atom. The molecule has 24 heavy (non-hydrogen) atoms. The molecular formula is C15H15N3O4S2. The number of ether oxygens (including phenoxy) is 1. The largest absolute Gasteiger partial charge is 0.504 e. The average molecular weight is 365 g/mol. The molecule has 126 valence electrons. The fraction of sp³-hybridized carbons (Fsp3) is 0.0667. The van der Waals surface area contributed by atoms with Gasteiger partial charge in [-0.3, -0.25) is 0 Å². The van der Waals surface area contributed by atoms with Crippen molar-refractivity contribution >= 4 is 21.6 Å². The molecule has 0 saturated heterocycles. The van der Waals surface area contributed by atoms with E-state index in [9.17, 15) is 8.42 Å². The molecule has 0 bridgehead atoms. The van der Waals surface area contributed by atoms with Crippen LogP contribution in [0, 0.1) is 0 Å². The second-order valence-electron chi connectivity index (χ2n) is 4.46. The lowest BCUT2D eigenvalue weighted by Crippen LogP contribution is -2.13. The summed E-state index contributed by atoms with van der Waals surface area (Å²) in [6, 6.07) is 13.3. The third-order valence-corrected chi connectivity index (χ3v) is 4.54. The minimum Gasteiger partial charge on any atom is -0.504 e. The molecule has 0 spiro atoms. The van der Waals surface area contributed by atoms with E-state index in [0.29, 0.717) is 16.3 Å². The third-order valence-electron chi connectivity index (χ3n) is 2.87. The molecule has 0 radical (unpaired) electrons. The molecule has 0 atom stereocenters. The van der Waals surface area contributed by atoms with Crippen molar-refractivity contribution in [1.29, 1.82) is 0 Å². The lowest BCUT2D eigenvalue weighted by molar-refractivity contribution is 0.373. The number of para-hydroxylation sites is 2. The molecule has 0 saturated carbocycles. The van der Waals surface area contributed by atoms with Crippen molar-refractivity contribution in [3.63, 3.8) is 0 Å². The first-order chi connectivity index (χ1) is 11.4. The number of hydrogen-bond donors (Lipinski definition) is 2. The summed E-state index contributed by atoms with van der Waals surface area (Å²) < 4.78 is 31.2. The number of sulfonamides is 1. The zero-order valence-corrected chi connectivity index (χ0v) is 14.3. The maximum atomic E-state index is 11.3. The number of methoxy groups -OCH3 is 1. The number of aromatic nitrogens is 2. The van der Waals surface area contributed by atoms with E-state index in [0.717, 1.165) is 11.5 Å². The number of phenolic OH excluding ortho intramolecular Hbond substituents is 1. The predicted octanol–water partition coefficient (Wildman–Crippen LogP) is 2.25. The SMILES string of the molecule is COc1ccccc1O.NS(=O)(=O)c1ccccc1-c1ncns1. The second kappa shape index (κ2) is 7.86. The number of primary sulfonamides is 1. The summed E-state index contributed by atoms with van der Waals surface area (Å²) in [7, 11) is -2.20. The Morgan fingerprint density at radius 3 is 2.33 bits per heavy atom. The van der Waals surface area contributed by atoms with Crippen molar-refractivity contribution in [2.75, 3.05) is 7.11 Å². The average Bonchev–Trinajstić information content (AvgIpc) is 3.09. The summed E-state index contributed by atoms with van der Waals surface area (Å²) in [6.45, 7) is 0. The van der Waals surface area contributed by atoms with Crippen LogP contribution in [0.4, 0.5) is 0 Å². The highest BCUT2D eigenvalue weighted by Gasteiger charge is 2.15. The van der Waals surface area contributed by atoms with Gasteiger partial charge in [0.15, 0.2) is 11.5 Å². The number of aromatic hydroxyl groups is 1. The highest BCUT2D eigenvalue weighted by molar-refractivity contribution is 7.89. The van der Waals surface area contributed by atoms with Gasteiger partial charge < -0.3 is 9.84 Å². The molecule has 0 aliphatic carbocycles. The Balaban J connectivity index is 0.000000198. The lowest BCUT2D eigenvalue weighted by atomic mass is 10.2. The van der Waals surface area contributed by atoms with Crippen molar-refractivity contribution < 1.29 is 18.3 Å². The molecule has 3 N–H and O–H groups in total. The summed E-state index contributed by atoms with van der Waals surface area (Å²) in [5, 5.41) is 14.6. The van der Waals surface area contributed by atoms with E-state index >= 15 is 0 Å². The Hall–Kier alpha value is -2.49. The predicted molar refractivity (Wildman–Crippen MR) is 91.4 cm³/mol. The van der Waals surface area contributed by atoms with Gasteiger partial charge in [0.25, 0.3) is 0 Å². The van der Waals surface area contributed by atoms with Crippen LogP contribution in [0.3, 0.4) is 0 Å². The fourth-order valence-electron chi connectivity index (χ4n) is 1.81. The number of nitrogens with two attached hydrogens (primary N) is 1. The van der Waals surface area contributed by atoms with Crippen LogP contribution in [0.5, 0.6) is 11.5 Å². The molecule has 3 aromatic rings. The number of benzene rings is 2. The van der Waals surface area contributed by atoms with Crippen LogP contribution in [0.15, 0.2) is 59.8 Å². The van der Waals surface area contributed by atoms with Gasteiger partial charge >= 0.3 is 0 Å². The van der Waals surface area contributed by atoms with E-state index in [2.05, 4.69) is 9.36 Å². The highest BCUT2D eigenvalue weighted by atomic mass is 32.2. The summed E-state index contributed by atoms with van der Waals surface area (Å²) in [5.74, 6) is 0.692. The number of nitrogens with zero attached hydrogens (tertiary/aromatic N) is 2. The van der Waals surface area contributed by atoms with Crippen LogP contribution >= 0.6 is 11.5 Å². The smallest absolute Gasteiger partial charge is 0.238 e. The Kier molecular flexibility index (Phi) is 5.85. The normalized spacial score (nSPS) is 10.6. The van der Waals surface area contributed by atoms with Gasteiger partial charge in [-0.1, -0.05) is 30.3 Å². The molecule has 0 amide bonds. The minimum absolute atomic E-state index is 0.0711. The van der Waals surface area contributed by atoms with Crippen LogP contribution in [-0.4, -0.2) is 30.0 Å². The van der Waals surface area contributed by atoms with E-state index in [1.165, 1.54) is 19.5 Å². The van der Waals surface area contributed by atoms with Crippen molar-refractivity contribution in [1.82, 2.24) is 9.36 Å². The first-order valence-electron chi connectivity index (χ1n) is 6.64. The van der Waals surface area contributed by atoms with E-state index in [1.807, 2.05) is 0 Å². The van der Waals surface area contributed by atoms with Gasteiger partial charge in [0.1, 0.15) is 11.3 Å². The summed E-state index contributed by atoms with van der Waals surface area (Å²) in [6.07, 6.45) is 1.37. The van der Waals surface area contributed by atoms with E-state index in [1.54, 1.807) is 42.5 Å². The quantitative estimate of drug-likeness (QED) is 0.735. The minimum atomic E-state index is -3.72. The molecule has 1 heterocycles. The summed E-state index contributed by atoms with van der Waals surface area (Å²) in [5.41, 5.74) is 0.488. The van der Waals surface area contributed by atoms with Gasteiger partial charge in [0.2, 0.25) is 10.0 Å². The second-order valence-corrected chi connectivity index (χ2v) is 6.77. The van der Waals surface area contributed by atoms with Crippen LogP contribution < -0.4 is 9.88 Å². The van der Waals surface area contributed by atoms with Crippen LogP contribution in [0.25, 0.3) is 10.6 Å². The maximum absolute atomic E-state index is 11.3. The number of phenols is 1. The Morgan fingerprint density at radius 1 is 1.12 bits per heavy atom. The first kappa shape index (κ1) is 17.9. The van der Waals surface area contributed by atoms with E-state index in [-0.39, 0.29) is 10.6 Å². The maximum Gasteiger partial charge on any atom is 0.238 e. The van der Waals surface area contributed by atoms with Gasteiger partial charge in [-0.2, -0.15) is 4.37 Å². The topological polar surface area (TPSA) is 115 Å². The Bertz CT molecular complexity index is 897. The van der Waals surface area contributed by atoms with E-state index < -0.39 is 10.0 Å². The molecule has 0 aliphatic heterocycles. The molecule has 9 heteroatoms. The van der Waals surface area contributed by atoms with Crippen molar-refractivity contribution in [2.24, 2.45) is 5.14 Å². The highest BCUT2D eigenvalue weighted by Crippen LogP contribution is 2.26. The first-order valence-corrected chi connectivity index (χ1v) is 8.96. The molecule has 7 nitrogen and oxygen atoms in total. The molecular weight excluding hydrogens is 350 g/mol. The molecule has 3 rings (SSSR count). The zero-order valence-electron chi connectivity index (χ0n) is 12.7. The molecule has 0 aliphatic rings. The van der Waals surface area contributed by atoms with Gasteiger partial charge in [-0.05, 0) is 29.7 Å². The zero-order chi connectivity index (χ0) is 17.6. The van der Waals surface area contributed by atoms with Gasteiger partial charge in [-0.15, -0.1) is 0 Å². The van der Waals surface area contributed by atoms with Crippen LogP contribution in [0.1, 0.15) is 0 Å². The molecule has 2 aromatic carbocycles. The number of rotatable bonds is 3. The standard InChI is InChI=1S/C8H7N3O2S2.C7H8O2/c9-15(12,13)7-4-2-1-3-6(7)8-10-5-11-14-8;1-9-7-5-3-2-4-6(7)8/h1-5H,(H2,9,12,13);2-5,8H,1H3. The molecule has 0 fully saturated rings. The van der Waals surface area contributed by atoms with Gasteiger partial charge in [0, 0.05) is 5.56 Å². The molecule has 0 unspecified atom stereocenters. The monoisotopic (exact) mass is 365 g/mol. The van der Waals surface area contributed by atoms with E-state index in [4.69, 9.17) is 15.0 Å². The third kappa shape index (κ3) is 4.51. The number of hydrogen-bond acceptors (Lipinski definition) is 7. The van der Waals surface area contributed by atoms with Crippen molar-refractivity contribution in [2.45, 2.75) is 4.90 Å². The fourth-order valence-corrected chi connectivity index (χ4v) is 3.18. The Labute approximate surface area is 143 Å². The summed E-state index contributed by atoms with van der Waals surface area (Å²) in [4.78, 5) is 4.02. The van der Waals surface area contributed by atoms with Crippen LogP contribution in [0.2, 0.25) is 0 Å².